The number of methoxy groups -OCH3 is 2. The van der Waals surface area contributed by atoms with E-state index in [-0.39, 0.29) is 33.5 Å². The van der Waals surface area contributed by atoms with E-state index in [0.717, 1.165) is 3.97 Å². The lowest BCUT2D eigenvalue weighted by atomic mass is 10.1. The molecule has 0 radical (unpaired) electrons. The second-order valence-electron chi connectivity index (χ2n) is 5.35. The van der Waals surface area contributed by atoms with Gasteiger partial charge >= 0.3 is 5.69 Å². The van der Waals surface area contributed by atoms with E-state index < -0.39 is 14.9 Å². The Kier molecular flexibility index (Phi) is 4.82. The summed E-state index contributed by atoms with van der Waals surface area (Å²) in [6.07, 6.45) is 2.58. The number of nitro benzene ring substituents is 1. The third-order valence-corrected chi connectivity index (χ3v) is 5.50. The fourth-order valence-corrected chi connectivity index (χ4v) is 3.93. The number of nitrogens with zero attached hydrogens (tertiary/aromatic N) is 3. The third kappa shape index (κ3) is 3.22. The van der Waals surface area contributed by atoms with Gasteiger partial charge in [0.1, 0.15) is 0 Å². The van der Waals surface area contributed by atoms with Crippen LogP contribution in [0.2, 0.25) is 0 Å². The van der Waals surface area contributed by atoms with Crippen molar-refractivity contribution in [1.82, 2.24) is 8.96 Å². The van der Waals surface area contributed by atoms with E-state index >= 15 is 0 Å². The SMILES string of the molecule is COc1cc(-c2nccn2S(=O)(=O)c2ccccc2)cc([N+](=O)[O-])c1OC. The maximum Gasteiger partial charge on any atom is 0.315 e. The standard InChI is InChI=1S/C17H15N3O6S/c1-25-15-11-12(10-14(20(21)22)16(15)26-2)17-18-8-9-19(17)27(23,24)13-6-4-3-5-7-13/h3-11H,1-2H3. The molecule has 0 saturated carbocycles. The van der Waals surface area contributed by atoms with Crippen molar-refractivity contribution < 1.29 is 22.8 Å². The molecule has 0 unspecified atom stereocenters. The second kappa shape index (κ2) is 7.08. The maximum absolute atomic E-state index is 12.9. The Morgan fingerprint density at radius 1 is 1.11 bits per heavy atom. The first-order valence-corrected chi connectivity index (χ1v) is 9.09. The van der Waals surface area contributed by atoms with E-state index in [1.165, 1.54) is 50.9 Å². The van der Waals surface area contributed by atoms with Gasteiger partial charge in [0.15, 0.2) is 11.6 Å². The molecule has 0 aliphatic heterocycles. The number of nitro groups is 1. The monoisotopic (exact) mass is 389 g/mol. The van der Waals surface area contributed by atoms with Crippen molar-refractivity contribution in [2.75, 3.05) is 14.2 Å². The first-order valence-electron chi connectivity index (χ1n) is 7.65. The molecule has 2 aromatic carbocycles. The van der Waals surface area contributed by atoms with Crippen LogP contribution < -0.4 is 9.47 Å². The zero-order valence-electron chi connectivity index (χ0n) is 14.4. The van der Waals surface area contributed by atoms with Crippen LogP contribution in [-0.4, -0.2) is 36.5 Å². The summed E-state index contributed by atoms with van der Waals surface area (Å²) in [5.74, 6) is 0.0477. The lowest BCUT2D eigenvalue weighted by Crippen LogP contribution is -2.13. The summed E-state index contributed by atoms with van der Waals surface area (Å²) in [5, 5.41) is 11.4. The molecule has 1 aromatic heterocycles. The van der Waals surface area contributed by atoms with Gasteiger partial charge in [0.25, 0.3) is 10.0 Å². The molecule has 0 aliphatic carbocycles. The minimum Gasteiger partial charge on any atom is -0.493 e. The minimum atomic E-state index is -3.93. The zero-order valence-corrected chi connectivity index (χ0v) is 15.2. The van der Waals surface area contributed by atoms with Crippen LogP contribution in [0.4, 0.5) is 5.69 Å². The fraction of sp³-hybridized carbons (Fsp3) is 0.118. The van der Waals surface area contributed by atoms with Crippen LogP contribution in [0.3, 0.4) is 0 Å². The Morgan fingerprint density at radius 3 is 2.41 bits per heavy atom. The van der Waals surface area contributed by atoms with Crippen LogP contribution in [0.15, 0.2) is 59.8 Å². The van der Waals surface area contributed by atoms with Crippen LogP contribution in [0.5, 0.6) is 11.5 Å². The highest BCUT2D eigenvalue weighted by atomic mass is 32.2. The van der Waals surface area contributed by atoms with Crippen molar-refractivity contribution in [3.8, 4) is 22.9 Å². The summed E-state index contributed by atoms with van der Waals surface area (Å²) < 4.78 is 37.0. The Hall–Kier alpha value is -3.40. The summed E-state index contributed by atoms with van der Waals surface area (Å²) in [7, 11) is -1.32. The van der Waals surface area contributed by atoms with Crippen molar-refractivity contribution in [3.63, 3.8) is 0 Å². The van der Waals surface area contributed by atoms with Gasteiger partial charge in [-0.05, 0) is 18.2 Å². The molecular formula is C17H15N3O6S. The molecule has 9 nitrogen and oxygen atoms in total. The summed E-state index contributed by atoms with van der Waals surface area (Å²) in [5.41, 5.74) is -0.164. The molecule has 0 saturated heterocycles. The molecule has 0 atom stereocenters. The largest absolute Gasteiger partial charge is 0.493 e. The molecule has 140 valence electrons. The van der Waals surface area contributed by atoms with Crippen LogP contribution in [0, 0.1) is 10.1 Å². The van der Waals surface area contributed by atoms with Crippen molar-refractivity contribution in [3.05, 3.63) is 65.0 Å². The number of hydrogen-bond acceptors (Lipinski definition) is 7. The maximum atomic E-state index is 12.9. The summed E-state index contributed by atoms with van der Waals surface area (Å²) in [4.78, 5) is 14.9. The van der Waals surface area contributed by atoms with E-state index in [1.807, 2.05) is 0 Å². The molecule has 0 N–H and O–H groups in total. The Bertz CT molecular complexity index is 1090. The van der Waals surface area contributed by atoms with E-state index in [1.54, 1.807) is 18.2 Å². The topological polar surface area (TPSA) is 114 Å². The van der Waals surface area contributed by atoms with E-state index in [0.29, 0.717) is 0 Å². The number of aromatic nitrogens is 2. The normalized spacial score (nSPS) is 11.2. The van der Waals surface area contributed by atoms with Gasteiger partial charge in [0.2, 0.25) is 5.75 Å². The molecule has 0 amide bonds. The Morgan fingerprint density at radius 2 is 1.81 bits per heavy atom. The van der Waals surface area contributed by atoms with Gasteiger partial charge in [-0.2, -0.15) is 0 Å². The average molecular weight is 389 g/mol. The number of ether oxygens (including phenoxy) is 2. The smallest absolute Gasteiger partial charge is 0.315 e. The molecule has 3 rings (SSSR count). The zero-order chi connectivity index (χ0) is 19.6. The first kappa shape index (κ1) is 18.4. The van der Waals surface area contributed by atoms with E-state index in [4.69, 9.17) is 9.47 Å². The quantitative estimate of drug-likeness (QED) is 0.470. The van der Waals surface area contributed by atoms with Gasteiger partial charge in [-0.15, -0.1) is 0 Å². The highest BCUT2D eigenvalue weighted by Crippen LogP contribution is 2.40. The third-order valence-electron chi connectivity index (χ3n) is 3.82. The number of rotatable bonds is 6. The number of benzene rings is 2. The lowest BCUT2D eigenvalue weighted by molar-refractivity contribution is -0.385. The molecule has 0 fully saturated rings. The van der Waals surface area contributed by atoms with Crippen LogP contribution in [-0.2, 0) is 10.0 Å². The lowest BCUT2D eigenvalue weighted by Gasteiger charge is -2.12. The van der Waals surface area contributed by atoms with E-state index in [2.05, 4.69) is 4.98 Å². The molecule has 1 heterocycles. The molecular weight excluding hydrogens is 374 g/mol. The fourth-order valence-electron chi connectivity index (χ4n) is 2.60. The predicted molar refractivity (Wildman–Crippen MR) is 96.4 cm³/mol. The first-order chi connectivity index (χ1) is 12.9. The van der Waals surface area contributed by atoms with Gasteiger partial charge < -0.3 is 9.47 Å². The summed E-state index contributed by atoms with van der Waals surface area (Å²) >= 11 is 0. The highest BCUT2D eigenvalue weighted by Gasteiger charge is 2.26. The van der Waals surface area contributed by atoms with Crippen molar-refractivity contribution >= 4 is 15.7 Å². The molecule has 0 aliphatic rings. The predicted octanol–water partition coefficient (Wildman–Crippen LogP) is 2.71. The van der Waals surface area contributed by atoms with Crippen molar-refractivity contribution in [2.24, 2.45) is 0 Å². The van der Waals surface area contributed by atoms with Gasteiger partial charge in [-0.1, -0.05) is 18.2 Å². The van der Waals surface area contributed by atoms with E-state index in [9.17, 15) is 18.5 Å². The van der Waals surface area contributed by atoms with Crippen LogP contribution >= 0.6 is 0 Å². The minimum absolute atomic E-state index is 0.0166. The molecule has 10 heteroatoms. The Labute approximate surface area is 155 Å². The van der Waals surface area contributed by atoms with Crippen LogP contribution in [0.1, 0.15) is 0 Å². The summed E-state index contributed by atoms with van der Waals surface area (Å²) in [6, 6.07) is 10.4. The van der Waals surface area contributed by atoms with Gasteiger partial charge in [-0.3, -0.25) is 10.1 Å². The number of hydrogen-bond donors (Lipinski definition) is 0. The number of imidazole rings is 1. The molecule has 0 bridgehead atoms. The highest BCUT2D eigenvalue weighted by molar-refractivity contribution is 7.90. The van der Waals surface area contributed by atoms with Crippen LogP contribution in [0.25, 0.3) is 11.4 Å². The average Bonchev–Trinajstić information content (AvgIpc) is 3.18. The summed E-state index contributed by atoms with van der Waals surface area (Å²) in [6.45, 7) is 0. The van der Waals surface area contributed by atoms with Crippen molar-refractivity contribution in [1.29, 1.82) is 0 Å². The second-order valence-corrected chi connectivity index (χ2v) is 7.17. The van der Waals surface area contributed by atoms with Gasteiger partial charge in [0, 0.05) is 24.0 Å². The van der Waals surface area contributed by atoms with Gasteiger partial charge in [-0.25, -0.2) is 17.4 Å². The molecule has 27 heavy (non-hydrogen) atoms. The molecule has 0 spiro atoms. The molecule has 3 aromatic rings. The van der Waals surface area contributed by atoms with Gasteiger partial charge in [0.05, 0.1) is 24.0 Å². The Balaban J connectivity index is 2.22. The van der Waals surface area contributed by atoms with Crippen molar-refractivity contribution in [2.45, 2.75) is 4.90 Å².